The highest BCUT2D eigenvalue weighted by Crippen LogP contribution is 2.16. The maximum absolute atomic E-state index is 13.4. The summed E-state index contributed by atoms with van der Waals surface area (Å²) in [5, 5.41) is 11.0. The lowest BCUT2D eigenvalue weighted by Gasteiger charge is -2.20. The molecule has 0 aliphatic heterocycles. The van der Waals surface area contributed by atoms with Gasteiger partial charge in [0.25, 0.3) is 5.91 Å². The van der Waals surface area contributed by atoms with E-state index in [0.717, 1.165) is 0 Å². The maximum Gasteiger partial charge on any atom is 0.326 e. The van der Waals surface area contributed by atoms with Crippen molar-refractivity contribution < 1.29 is 27.9 Å². The van der Waals surface area contributed by atoms with Gasteiger partial charge in [-0.25, -0.2) is 18.0 Å². The fourth-order valence-electron chi connectivity index (χ4n) is 1.66. The number of carbonyl (C=O) groups excluding carboxylic acids is 1. The second kappa shape index (κ2) is 6.40. The standard InChI is InChI=1S/C13H14F3NO3/c1-3-6(2)11(13(19)20)17-12(18)10-8(15)4-7(14)5-9(10)16/h4-6,11H,3H2,1-2H3,(H,17,18)(H,19,20)/t6-,11+/m0/s1. The van der Waals surface area contributed by atoms with Crippen molar-refractivity contribution in [3.8, 4) is 0 Å². The summed E-state index contributed by atoms with van der Waals surface area (Å²) in [7, 11) is 0. The predicted octanol–water partition coefficient (Wildman–Crippen LogP) is 2.33. The van der Waals surface area contributed by atoms with Gasteiger partial charge < -0.3 is 10.4 Å². The van der Waals surface area contributed by atoms with Crippen molar-refractivity contribution >= 4 is 11.9 Å². The number of aliphatic carboxylic acids is 1. The van der Waals surface area contributed by atoms with Gasteiger partial charge in [-0.3, -0.25) is 4.79 Å². The molecule has 2 N–H and O–H groups in total. The predicted molar refractivity (Wildman–Crippen MR) is 64.7 cm³/mol. The summed E-state index contributed by atoms with van der Waals surface area (Å²) in [6.45, 7) is 3.29. The van der Waals surface area contributed by atoms with E-state index in [-0.39, 0.29) is 0 Å². The zero-order valence-electron chi connectivity index (χ0n) is 10.9. The van der Waals surface area contributed by atoms with E-state index in [1.165, 1.54) is 0 Å². The number of benzene rings is 1. The van der Waals surface area contributed by atoms with E-state index in [1.54, 1.807) is 13.8 Å². The molecule has 2 atom stereocenters. The van der Waals surface area contributed by atoms with Crippen LogP contribution >= 0.6 is 0 Å². The largest absolute Gasteiger partial charge is 0.480 e. The SMILES string of the molecule is CC[C@H](C)[C@@H](NC(=O)c1c(F)cc(F)cc1F)C(=O)O. The first-order valence-corrected chi connectivity index (χ1v) is 5.96. The van der Waals surface area contributed by atoms with Gasteiger partial charge in [-0.2, -0.15) is 0 Å². The molecule has 1 amide bonds. The lowest BCUT2D eigenvalue weighted by atomic mass is 9.99. The van der Waals surface area contributed by atoms with Crippen LogP contribution in [0.5, 0.6) is 0 Å². The molecule has 1 aromatic carbocycles. The Morgan fingerprint density at radius 1 is 1.25 bits per heavy atom. The third-order valence-corrected chi connectivity index (χ3v) is 3.00. The minimum absolute atomic E-state index is 0.358. The number of carboxylic acid groups (broad SMARTS) is 1. The van der Waals surface area contributed by atoms with E-state index in [1.807, 2.05) is 5.32 Å². The van der Waals surface area contributed by atoms with E-state index >= 15 is 0 Å². The van der Waals surface area contributed by atoms with Crippen molar-refractivity contribution in [1.82, 2.24) is 5.32 Å². The molecule has 0 aromatic heterocycles. The summed E-state index contributed by atoms with van der Waals surface area (Å²) in [6.07, 6.45) is 0.450. The van der Waals surface area contributed by atoms with Gasteiger partial charge in [0.1, 0.15) is 29.1 Å². The van der Waals surface area contributed by atoms with E-state index < -0.39 is 46.9 Å². The zero-order chi connectivity index (χ0) is 15.4. The minimum atomic E-state index is -1.38. The first-order chi connectivity index (χ1) is 9.27. The molecular formula is C13H14F3NO3. The van der Waals surface area contributed by atoms with Crippen LogP contribution in [-0.4, -0.2) is 23.0 Å². The van der Waals surface area contributed by atoms with Crippen molar-refractivity contribution in [1.29, 1.82) is 0 Å². The van der Waals surface area contributed by atoms with Crippen molar-refractivity contribution in [3.05, 3.63) is 35.1 Å². The Hall–Kier alpha value is -2.05. The summed E-state index contributed by atoms with van der Waals surface area (Å²) in [4.78, 5) is 22.8. The first-order valence-electron chi connectivity index (χ1n) is 5.96. The quantitative estimate of drug-likeness (QED) is 0.874. The number of carboxylic acids is 1. The third-order valence-electron chi connectivity index (χ3n) is 3.00. The maximum atomic E-state index is 13.4. The molecule has 0 aliphatic carbocycles. The molecule has 0 unspecified atom stereocenters. The number of halogens is 3. The molecule has 0 heterocycles. The molecule has 1 aromatic rings. The highest BCUT2D eigenvalue weighted by Gasteiger charge is 2.28. The van der Waals surface area contributed by atoms with Crippen LogP contribution in [0.4, 0.5) is 13.2 Å². The van der Waals surface area contributed by atoms with Crippen molar-refractivity contribution in [2.24, 2.45) is 5.92 Å². The van der Waals surface area contributed by atoms with Crippen LogP contribution in [0.2, 0.25) is 0 Å². The molecule has 0 bridgehead atoms. The van der Waals surface area contributed by atoms with Crippen LogP contribution in [-0.2, 0) is 4.79 Å². The average molecular weight is 289 g/mol. The zero-order valence-corrected chi connectivity index (χ0v) is 10.9. The Bertz CT molecular complexity index is 511. The Labute approximate surface area is 113 Å². The third kappa shape index (κ3) is 3.49. The van der Waals surface area contributed by atoms with Gasteiger partial charge in [0.2, 0.25) is 0 Å². The number of carbonyl (C=O) groups is 2. The Kier molecular flexibility index (Phi) is 5.12. The monoisotopic (exact) mass is 289 g/mol. The molecule has 110 valence electrons. The normalized spacial score (nSPS) is 13.7. The molecule has 0 aliphatic rings. The number of rotatable bonds is 5. The van der Waals surface area contributed by atoms with Crippen LogP contribution < -0.4 is 5.32 Å². The minimum Gasteiger partial charge on any atom is -0.480 e. The van der Waals surface area contributed by atoms with Gasteiger partial charge in [-0.1, -0.05) is 20.3 Å². The van der Waals surface area contributed by atoms with Crippen LogP contribution in [0.3, 0.4) is 0 Å². The van der Waals surface area contributed by atoms with Crippen LogP contribution in [0, 0.1) is 23.4 Å². The lowest BCUT2D eigenvalue weighted by Crippen LogP contribution is -2.45. The van der Waals surface area contributed by atoms with E-state index in [2.05, 4.69) is 0 Å². The molecule has 0 fully saturated rings. The molecule has 20 heavy (non-hydrogen) atoms. The van der Waals surface area contributed by atoms with Gasteiger partial charge >= 0.3 is 5.97 Å². The summed E-state index contributed by atoms with van der Waals surface area (Å²) in [5.74, 6) is -6.89. The number of nitrogens with one attached hydrogen (secondary N) is 1. The van der Waals surface area contributed by atoms with E-state index in [4.69, 9.17) is 5.11 Å². The van der Waals surface area contributed by atoms with Gasteiger partial charge in [-0.05, 0) is 5.92 Å². The van der Waals surface area contributed by atoms with Crippen molar-refractivity contribution in [2.75, 3.05) is 0 Å². The van der Waals surface area contributed by atoms with Crippen molar-refractivity contribution in [3.63, 3.8) is 0 Å². The van der Waals surface area contributed by atoms with Gasteiger partial charge in [0.15, 0.2) is 0 Å². The van der Waals surface area contributed by atoms with Crippen LogP contribution in [0.15, 0.2) is 12.1 Å². The van der Waals surface area contributed by atoms with Gasteiger partial charge in [0, 0.05) is 12.1 Å². The van der Waals surface area contributed by atoms with Gasteiger partial charge in [-0.15, -0.1) is 0 Å². The second-order valence-electron chi connectivity index (χ2n) is 4.42. The van der Waals surface area contributed by atoms with Crippen LogP contribution in [0.1, 0.15) is 30.6 Å². The average Bonchev–Trinajstić information content (AvgIpc) is 2.33. The summed E-state index contributed by atoms with van der Waals surface area (Å²) in [5.41, 5.74) is -0.999. The number of hydrogen-bond acceptors (Lipinski definition) is 2. The molecule has 0 saturated carbocycles. The highest BCUT2D eigenvalue weighted by atomic mass is 19.1. The molecular weight excluding hydrogens is 275 g/mol. The highest BCUT2D eigenvalue weighted by molar-refractivity contribution is 5.97. The van der Waals surface area contributed by atoms with E-state index in [0.29, 0.717) is 18.6 Å². The Morgan fingerprint density at radius 3 is 2.15 bits per heavy atom. The molecule has 4 nitrogen and oxygen atoms in total. The van der Waals surface area contributed by atoms with Crippen LogP contribution in [0.25, 0.3) is 0 Å². The summed E-state index contributed by atoms with van der Waals surface area (Å²) >= 11 is 0. The Morgan fingerprint density at radius 2 is 1.75 bits per heavy atom. The molecule has 0 spiro atoms. The fourth-order valence-corrected chi connectivity index (χ4v) is 1.66. The summed E-state index contributed by atoms with van der Waals surface area (Å²) < 4.78 is 39.6. The molecule has 1 rings (SSSR count). The van der Waals surface area contributed by atoms with E-state index in [9.17, 15) is 22.8 Å². The number of hydrogen-bond donors (Lipinski definition) is 2. The fraction of sp³-hybridized carbons (Fsp3) is 0.385. The molecule has 7 heteroatoms. The summed E-state index contributed by atoms with van der Waals surface area (Å²) in [6, 6.07) is -0.565. The topological polar surface area (TPSA) is 66.4 Å². The first kappa shape index (κ1) is 16.0. The Balaban J connectivity index is 3.04. The van der Waals surface area contributed by atoms with Crippen molar-refractivity contribution in [2.45, 2.75) is 26.3 Å². The van der Waals surface area contributed by atoms with Gasteiger partial charge in [0.05, 0.1) is 0 Å². The number of amides is 1. The molecule has 0 saturated heterocycles. The molecule has 0 radical (unpaired) electrons. The smallest absolute Gasteiger partial charge is 0.326 e. The second-order valence-corrected chi connectivity index (χ2v) is 4.42. The lowest BCUT2D eigenvalue weighted by molar-refractivity contribution is -0.140.